The van der Waals surface area contributed by atoms with Gasteiger partial charge in [0.25, 0.3) is 0 Å². The summed E-state index contributed by atoms with van der Waals surface area (Å²) in [7, 11) is 0. The number of aliphatic carboxylic acids is 1. The molecule has 0 fully saturated rings. The molecular formula is C4H8NO4S-. The molecule has 5 nitrogen and oxygen atoms in total. The Kier molecular flexibility index (Phi) is 4.17. The highest BCUT2D eigenvalue weighted by Crippen LogP contribution is 1.80. The molecule has 2 atom stereocenters. The summed E-state index contributed by atoms with van der Waals surface area (Å²) in [5, 5.41) is 10.5. The normalized spacial score (nSPS) is 16.2. The molecule has 0 bridgehead atoms. The van der Waals surface area contributed by atoms with Crippen molar-refractivity contribution in [2.45, 2.75) is 13.0 Å². The minimum Gasteiger partial charge on any atom is -0.771 e. The molecule has 0 aromatic carbocycles. The minimum absolute atomic E-state index is 0.326. The maximum Gasteiger partial charge on any atom is 0.320 e. The van der Waals surface area contributed by atoms with Crippen LogP contribution in [0.15, 0.2) is 0 Å². The van der Waals surface area contributed by atoms with Crippen LogP contribution in [0.1, 0.15) is 6.92 Å². The van der Waals surface area contributed by atoms with Crippen LogP contribution in [-0.4, -0.2) is 31.8 Å². The zero-order valence-electron chi connectivity index (χ0n) is 5.36. The van der Waals surface area contributed by atoms with E-state index in [0.717, 1.165) is 0 Å². The number of hydrogen-bond acceptors (Lipinski definition) is 4. The molecule has 0 saturated carbocycles. The predicted molar refractivity (Wildman–Crippen MR) is 34.0 cm³/mol. The molecule has 0 saturated heterocycles. The summed E-state index contributed by atoms with van der Waals surface area (Å²) in [4.78, 5) is 10.0. The molecule has 6 heteroatoms. The van der Waals surface area contributed by atoms with Gasteiger partial charge in [0.15, 0.2) is 0 Å². The Hall–Kier alpha value is -0.460. The first-order valence-electron chi connectivity index (χ1n) is 2.56. The van der Waals surface area contributed by atoms with E-state index >= 15 is 0 Å². The van der Waals surface area contributed by atoms with Crippen LogP contribution in [0.3, 0.4) is 0 Å². The standard InChI is InChI=1S/C4H9NO4S/c1-3(4(6)7)5-2-10(8)9/h3,5H,2H2,1H3,(H,6,7)(H,8,9)/p-1/t3-/m0/s1. The molecule has 0 aliphatic carbocycles. The third-order valence-electron chi connectivity index (χ3n) is 0.878. The monoisotopic (exact) mass is 166 g/mol. The maximum atomic E-state index is 10.0. The molecule has 0 aromatic heterocycles. The summed E-state index contributed by atoms with van der Waals surface area (Å²) < 4.78 is 19.7. The second kappa shape index (κ2) is 4.37. The third kappa shape index (κ3) is 4.42. The zero-order valence-corrected chi connectivity index (χ0v) is 6.18. The molecule has 2 N–H and O–H groups in total. The van der Waals surface area contributed by atoms with Crippen LogP contribution in [0.5, 0.6) is 0 Å². The Morgan fingerprint density at radius 2 is 2.40 bits per heavy atom. The highest BCUT2D eigenvalue weighted by molar-refractivity contribution is 7.79. The first-order valence-corrected chi connectivity index (χ1v) is 3.80. The Bertz CT molecular complexity index is 148. The second-order valence-electron chi connectivity index (χ2n) is 1.71. The van der Waals surface area contributed by atoms with Gasteiger partial charge in [-0.1, -0.05) is 0 Å². The number of carbonyl (C=O) groups is 1. The molecule has 10 heavy (non-hydrogen) atoms. The lowest BCUT2D eigenvalue weighted by Crippen LogP contribution is -2.35. The summed E-state index contributed by atoms with van der Waals surface area (Å²) in [6.07, 6.45) is 0. The molecule has 0 heterocycles. The van der Waals surface area contributed by atoms with E-state index in [2.05, 4.69) is 5.32 Å². The lowest BCUT2D eigenvalue weighted by atomic mass is 10.4. The molecule has 0 rings (SSSR count). The van der Waals surface area contributed by atoms with Gasteiger partial charge in [0, 0.05) is 0 Å². The molecule has 60 valence electrons. The van der Waals surface area contributed by atoms with Crippen molar-refractivity contribution in [1.29, 1.82) is 0 Å². The average Bonchev–Trinajstić information content (AvgIpc) is 1.82. The molecule has 0 aliphatic rings. The fourth-order valence-corrected chi connectivity index (χ4v) is 0.666. The molecule has 0 amide bonds. The predicted octanol–water partition coefficient (Wildman–Crippen LogP) is -1.11. The van der Waals surface area contributed by atoms with E-state index in [4.69, 9.17) is 5.11 Å². The smallest absolute Gasteiger partial charge is 0.320 e. The van der Waals surface area contributed by atoms with Crippen LogP contribution >= 0.6 is 0 Å². The van der Waals surface area contributed by atoms with E-state index < -0.39 is 23.1 Å². The lowest BCUT2D eigenvalue weighted by Gasteiger charge is -2.09. The Morgan fingerprint density at radius 3 is 2.70 bits per heavy atom. The van der Waals surface area contributed by atoms with Crippen LogP contribution in [0, 0.1) is 0 Å². The summed E-state index contributed by atoms with van der Waals surface area (Å²) >= 11 is -2.23. The van der Waals surface area contributed by atoms with Gasteiger partial charge in [-0.3, -0.25) is 14.3 Å². The zero-order chi connectivity index (χ0) is 8.15. The molecule has 0 radical (unpaired) electrons. The van der Waals surface area contributed by atoms with Crippen molar-refractivity contribution in [3.63, 3.8) is 0 Å². The van der Waals surface area contributed by atoms with Crippen LogP contribution < -0.4 is 5.32 Å². The van der Waals surface area contributed by atoms with Crippen LogP contribution in [-0.2, 0) is 15.9 Å². The van der Waals surface area contributed by atoms with E-state index in [1.54, 1.807) is 0 Å². The molecular weight excluding hydrogens is 158 g/mol. The van der Waals surface area contributed by atoms with Crippen molar-refractivity contribution < 1.29 is 18.7 Å². The number of hydrogen-bond donors (Lipinski definition) is 2. The molecule has 0 aliphatic heterocycles. The fraction of sp³-hybridized carbons (Fsp3) is 0.750. The summed E-state index contributed by atoms with van der Waals surface area (Å²) in [6, 6.07) is -0.821. The summed E-state index contributed by atoms with van der Waals surface area (Å²) in [5.74, 6) is -1.39. The van der Waals surface area contributed by atoms with Gasteiger partial charge >= 0.3 is 5.97 Å². The Balaban J connectivity index is 3.49. The summed E-state index contributed by atoms with van der Waals surface area (Å²) in [6.45, 7) is 1.37. The van der Waals surface area contributed by atoms with Crippen LogP contribution in [0.2, 0.25) is 0 Å². The number of rotatable bonds is 4. The van der Waals surface area contributed by atoms with Gasteiger partial charge in [0.1, 0.15) is 6.04 Å². The number of carboxylic acids is 1. The largest absolute Gasteiger partial charge is 0.771 e. The topological polar surface area (TPSA) is 89.5 Å². The van der Waals surface area contributed by atoms with E-state index in [1.807, 2.05) is 0 Å². The Labute approximate surface area is 60.7 Å². The SMILES string of the molecule is C[C@H](NCS(=O)[O-])C(=O)O. The van der Waals surface area contributed by atoms with Gasteiger partial charge in [-0.05, 0) is 18.0 Å². The Morgan fingerprint density at radius 1 is 1.90 bits per heavy atom. The maximum absolute atomic E-state index is 10.0. The second-order valence-corrected chi connectivity index (χ2v) is 2.61. The van der Waals surface area contributed by atoms with Gasteiger partial charge in [-0.15, -0.1) is 0 Å². The third-order valence-corrected chi connectivity index (χ3v) is 1.28. The van der Waals surface area contributed by atoms with Gasteiger partial charge in [0.2, 0.25) is 0 Å². The fourth-order valence-electron chi connectivity index (χ4n) is 0.280. The lowest BCUT2D eigenvalue weighted by molar-refractivity contribution is -0.138. The molecule has 0 aromatic rings. The van der Waals surface area contributed by atoms with Gasteiger partial charge in [0.05, 0.1) is 5.88 Å². The van der Waals surface area contributed by atoms with E-state index in [9.17, 15) is 13.6 Å². The molecule has 1 unspecified atom stereocenters. The minimum atomic E-state index is -2.23. The first-order chi connectivity index (χ1) is 4.54. The first kappa shape index (κ1) is 9.54. The number of nitrogens with one attached hydrogen (secondary N) is 1. The van der Waals surface area contributed by atoms with Crippen molar-refractivity contribution >= 4 is 17.0 Å². The van der Waals surface area contributed by atoms with Gasteiger partial charge in [-0.25, -0.2) is 0 Å². The van der Waals surface area contributed by atoms with Crippen molar-refractivity contribution in [1.82, 2.24) is 5.32 Å². The van der Waals surface area contributed by atoms with Crippen molar-refractivity contribution in [3.8, 4) is 0 Å². The highest BCUT2D eigenvalue weighted by Gasteiger charge is 2.07. The quantitative estimate of drug-likeness (QED) is 0.517. The summed E-state index contributed by atoms with van der Waals surface area (Å²) in [5.41, 5.74) is 0. The van der Waals surface area contributed by atoms with Crippen molar-refractivity contribution in [2.75, 3.05) is 5.88 Å². The van der Waals surface area contributed by atoms with E-state index in [-0.39, 0.29) is 5.88 Å². The molecule has 0 spiro atoms. The number of carboxylic acid groups (broad SMARTS) is 1. The van der Waals surface area contributed by atoms with Crippen molar-refractivity contribution in [2.24, 2.45) is 0 Å². The van der Waals surface area contributed by atoms with E-state index in [1.165, 1.54) is 6.92 Å². The van der Waals surface area contributed by atoms with Gasteiger partial charge < -0.3 is 9.66 Å². The van der Waals surface area contributed by atoms with Crippen LogP contribution in [0.4, 0.5) is 0 Å². The average molecular weight is 166 g/mol. The highest BCUT2D eigenvalue weighted by atomic mass is 32.2. The van der Waals surface area contributed by atoms with Crippen molar-refractivity contribution in [3.05, 3.63) is 0 Å². The van der Waals surface area contributed by atoms with Crippen LogP contribution in [0.25, 0.3) is 0 Å². The van der Waals surface area contributed by atoms with Gasteiger partial charge in [-0.2, -0.15) is 0 Å². The van der Waals surface area contributed by atoms with E-state index in [0.29, 0.717) is 0 Å².